The number of alkyl halides is 1. The fourth-order valence-corrected chi connectivity index (χ4v) is 2.60. The summed E-state index contributed by atoms with van der Waals surface area (Å²) in [7, 11) is 0. The number of rotatable bonds is 2. The molecule has 1 aliphatic heterocycles. The van der Waals surface area contributed by atoms with Crippen molar-refractivity contribution in [2.75, 3.05) is 5.32 Å². The van der Waals surface area contributed by atoms with Crippen molar-refractivity contribution in [1.82, 2.24) is 0 Å². The number of hydrogen-bond acceptors (Lipinski definition) is 5. The van der Waals surface area contributed by atoms with E-state index >= 15 is 0 Å². The van der Waals surface area contributed by atoms with Gasteiger partial charge in [0.15, 0.2) is 0 Å². The number of nitro benzene ring substituents is 1. The van der Waals surface area contributed by atoms with Gasteiger partial charge in [-0.2, -0.15) is 0 Å². The van der Waals surface area contributed by atoms with E-state index in [0.717, 1.165) is 0 Å². The van der Waals surface area contributed by atoms with Crippen LogP contribution in [0, 0.1) is 10.1 Å². The topological polar surface area (TPSA) is 102 Å². The van der Waals surface area contributed by atoms with E-state index < -0.39 is 27.4 Å². The van der Waals surface area contributed by atoms with Gasteiger partial charge in [-0.05, 0) is 13.8 Å². The van der Waals surface area contributed by atoms with Gasteiger partial charge in [0, 0.05) is 24.6 Å². The minimum absolute atomic E-state index is 0.0438. The maximum absolute atomic E-state index is 11.2. The lowest BCUT2D eigenvalue weighted by Crippen LogP contribution is -2.45. The van der Waals surface area contributed by atoms with Crippen LogP contribution in [0.25, 0.3) is 0 Å². The quantitative estimate of drug-likeness (QED) is 0.480. The summed E-state index contributed by atoms with van der Waals surface area (Å²) >= 11 is 3.35. The molecule has 0 bridgehead atoms. The molecule has 0 saturated carbocycles. The maximum Gasteiger partial charge on any atom is 0.293 e. The number of nitro groups is 1. The Balaban J connectivity index is 2.59. The number of carbonyl (C=O) groups is 1. The van der Waals surface area contributed by atoms with Crippen molar-refractivity contribution in [3.05, 3.63) is 27.8 Å². The third-order valence-electron chi connectivity index (χ3n) is 3.27. The van der Waals surface area contributed by atoms with Crippen LogP contribution in [0.1, 0.15) is 32.4 Å². The van der Waals surface area contributed by atoms with Crippen molar-refractivity contribution in [1.29, 1.82) is 0 Å². The predicted molar refractivity (Wildman–Crippen MR) is 79.8 cm³/mol. The van der Waals surface area contributed by atoms with Crippen LogP contribution in [-0.4, -0.2) is 26.4 Å². The zero-order valence-corrected chi connectivity index (χ0v) is 13.3. The Hall–Kier alpha value is -1.67. The van der Waals surface area contributed by atoms with Gasteiger partial charge in [0.05, 0.1) is 15.9 Å². The molecule has 0 saturated heterocycles. The van der Waals surface area contributed by atoms with Crippen molar-refractivity contribution in [2.24, 2.45) is 0 Å². The molecule has 0 radical (unpaired) electrons. The minimum Gasteiger partial charge on any atom is -0.486 e. The highest BCUT2D eigenvalue weighted by Crippen LogP contribution is 2.46. The molecule has 0 spiro atoms. The molecule has 1 aromatic rings. The van der Waals surface area contributed by atoms with E-state index in [1.54, 1.807) is 13.8 Å². The van der Waals surface area contributed by atoms with Crippen LogP contribution >= 0.6 is 15.9 Å². The van der Waals surface area contributed by atoms with Crippen LogP contribution in [0.5, 0.6) is 5.75 Å². The molecule has 1 amide bonds. The highest BCUT2D eigenvalue weighted by Gasteiger charge is 2.42. The molecule has 2 N–H and O–H groups in total. The average Bonchev–Trinajstić information content (AvgIpc) is 2.34. The number of hydrogen-bond donors (Lipinski definition) is 2. The summed E-state index contributed by atoms with van der Waals surface area (Å²) < 4.78 is 5.78. The molecule has 1 heterocycles. The zero-order valence-electron chi connectivity index (χ0n) is 11.7. The van der Waals surface area contributed by atoms with Gasteiger partial charge in [0.2, 0.25) is 5.91 Å². The molecule has 0 aliphatic carbocycles. The summed E-state index contributed by atoms with van der Waals surface area (Å²) in [6, 6.07) is 2.60. The van der Waals surface area contributed by atoms with Gasteiger partial charge in [-0.25, -0.2) is 0 Å². The summed E-state index contributed by atoms with van der Waals surface area (Å²) in [6.45, 7) is 4.84. The monoisotopic (exact) mass is 358 g/mol. The van der Waals surface area contributed by atoms with Crippen molar-refractivity contribution < 1.29 is 19.6 Å². The summed E-state index contributed by atoms with van der Waals surface area (Å²) in [5, 5.41) is 23.8. The number of nitrogens with one attached hydrogen (secondary N) is 1. The molecule has 2 rings (SSSR count). The van der Waals surface area contributed by atoms with Crippen LogP contribution in [-0.2, 0) is 4.79 Å². The van der Waals surface area contributed by atoms with E-state index in [-0.39, 0.29) is 11.4 Å². The summed E-state index contributed by atoms with van der Waals surface area (Å²) in [4.78, 5) is 21.3. The van der Waals surface area contributed by atoms with Crippen molar-refractivity contribution >= 4 is 33.2 Å². The van der Waals surface area contributed by atoms with Gasteiger partial charge in [-0.1, -0.05) is 15.9 Å². The first-order valence-electron chi connectivity index (χ1n) is 6.24. The molecule has 0 unspecified atom stereocenters. The summed E-state index contributed by atoms with van der Waals surface area (Å²) in [5.41, 5.74) is -0.624. The van der Waals surface area contributed by atoms with Gasteiger partial charge in [0.25, 0.3) is 5.69 Å². The number of nitrogens with zero attached hydrogens (tertiary/aromatic N) is 1. The van der Waals surface area contributed by atoms with Gasteiger partial charge < -0.3 is 15.2 Å². The molecule has 2 atom stereocenters. The number of carbonyl (C=O) groups excluding carboxylic acids is 1. The Bertz CT molecular complexity index is 617. The second kappa shape index (κ2) is 5.27. The van der Waals surface area contributed by atoms with Crippen molar-refractivity contribution in [3.8, 4) is 5.75 Å². The fourth-order valence-electron chi connectivity index (χ4n) is 2.22. The Morgan fingerprint density at radius 1 is 1.52 bits per heavy atom. The Kier molecular flexibility index (Phi) is 3.94. The molecule has 1 aliphatic rings. The van der Waals surface area contributed by atoms with E-state index in [4.69, 9.17) is 4.74 Å². The number of anilines is 1. The smallest absolute Gasteiger partial charge is 0.293 e. The zero-order chi connectivity index (χ0) is 15.9. The second-order valence-electron chi connectivity index (χ2n) is 5.40. The second-order valence-corrected chi connectivity index (χ2v) is 6.38. The van der Waals surface area contributed by atoms with E-state index in [2.05, 4.69) is 21.2 Å². The third kappa shape index (κ3) is 2.86. The molecule has 21 heavy (non-hydrogen) atoms. The van der Waals surface area contributed by atoms with E-state index in [1.165, 1.54) is 19.1 Å². The van der Waals surface area contributed by atoms with Gasteiger partial charge in [-0.15, -0.1) is 0 Å². The Morgan fingerprint density at radius 2 is 2.14 bits per heavy atom. The Labute approximate surface area is 129 Å². The van der Waals surface area contributed by atoms with Gasteiger partial charge in [0.1, 0.15) is 17.0 Å². The summed E-state index contributed by atoms with van der Waals surface area (Å²) in [5.74, 6) is -0.107. The molecular formula is C13H15BrN2O5. The maximum atomic E-state index is 11.2. The van der Waals surface area contributed by atoms with E-state index in [1.807, 2.05) is 0 Å². The van der Waals surface area contributed by atoms with Crippen LogP contribution in [0.4, 0.5) is 11.4 Å². The molecule has 114 valence electrons. The van der Waals surface area contributed by atoms with Crippen LogP contribution in [0.3, 0.4) is 0 Å². The number of aliphatic hydroxyl groups excluding tert-OH is 1. The van der Waals surface area contributed by atoms with Crippen molar-refractivity contribution in [3.63, 3.8) is 0 Å². The van der Waals surface area contributed by atoms with Crippen LogP contribution in [0.15, 0.2) is 12.1 Å². The molecule has 0 aromatic heterocycles. The molecule has 8 heteroatoms. The number of ether oxygens (including phenoxy) is 1. The van der Waals surface area contributed by atoms with E-state index in [0.29, 0.717) is 11.3 Å². The first-order chi connectivity index (χ1) is 9.63. The fraction of sp³-hybridized carbons (Fsp3) is 0.462. The summed E-state index contributed by atoms with van der Waals surface area (Å²) in [6.07, 6.45) is -0.950. The number of amides is 1. The first kappa shape index (κ1) is 15.7. The van der Waals surface area contributed by atoms with E-state index in [9.17, 15) is 20.0 Å². The average molecular weight is 359 g/mol. The number of fused-ring (bicyclic) bond motifs is 1. The molecular weight excluding hydrogens is 344 g/mol. The lowest BCUT2D eigenvalue weighted by atomic mass is 9.91. The lowest BCUT2D eigenvalue weighted by molar-refractivity contribution is -0.384. The van der Waals surface area contributed by atoms with Crippen LogP contribution < -0.4 is 10.1 Å². The molecule has 0 fully saturated rings. The predicted octanol–water partition coefficient (Wildman–Crippen LogP) is 2.52. The number of halogens is 1. The SMILES string of the molecule is CC(=O)Nc1cc2c(cc1[N+](=O)[O-])[C@@H](O)[C@H](Br)C(C)(C)O2. The highest BCUT2D eigenvalue weighted by atomic mass is 79.9. The van der Waals surface area contributed by atoms with Crippen LogP contribution in [0.2, 0.25) is 0 Å². The van der Waals surface area contributed by atoms with Gasteiger partial charge >= 0.3 is 0 Å². The standard InChI is InChI=1S/C13H15BrN2O5/c1-6(17)15-8-5-10-7(4-9(8)16(19)20)11(18)12(14)13(2,3)21-10/h4-5,11-12,18H,1-3H3,(H,15,17)/t11-,12+/m1/s1. The first-order valence-corrected chi connectivity index (χ1v) is 7.16. The Morgan fingerprint density at radius 3 is 2.67 bits per heavy atom. The molecule has 1 aromatic carbocycles. The highest BCUT2D eigenvalue weighted by molar-refractivity contribution is 9.09. The third-order valence-corrected chi connectivity index (χ3v) is 4.87. The molecule has 7 nitrogen and oxygen atoms in total. The van der Waals surface area contributed by atoms with Gasteiger partial charge in [-0.3, -0.25) is 14.9 Å². The number of aliphatic hydroxyl groups is 1. The number of benzene rings is 1. The normalized spacial score (nSPS) is 22.9. The largest absolute Gasteiger partial charge is 0.486 e. The van der Waals surface area contributed by atoms with Crippen molar-refractivity contribution in [2.45, 2.75) is 37.3 Å². The minimum atomic E-state index is -0.950. The lowest BCUT2D eigenvalue weighted by Gasteiger charge is -2.40.